The van der Waals surface area contributed by atoms with Gasteiger partial charge in [0.05, 0.1) is 5.92 Å². The van der Waals surface area contributed by atoms with Crippen LogP contribution in [0.2, 0.25) is 0 Å². The number of alkyl carbamates (subject to hydrolysis) is 1. The van der Waals surface area contributed by atoms with Gasteiger partial charge < -0.3 is 20.5 Å². The standard InChI is InChI=1S/C28H36N2O5/c1-2-20(27(32)33)18-30-26(31)16-6-4-3-5-11-17-29-28(34)35-19-25-23-14-9-7-12-21(23)22-13-8-10-15-24(22)25/h7-10,12-15,20,25H,2-6,11,16-19H2,1H3,(H,29,34)(H,30,31)(H,32,33). The molecule has 2 aromatic carbocycles. The Morgan fingerprint density at radius 2 is 1.49 bits per heavy atom. The number of hydrogen-bond donors (Lipinski definition) is 3. The van der Waals surface area contributed by atoms with E-state index in [4.69, 9.17) is 9.84 Å². The van der Waals surface area contributed by atoms with E-state index in [-0.39, 0.29) is 18.4 Å². The predicted molar refractivity (Wildman–Crippen MR) is 135 cm³/mol. The second-order valence-electron chi connectivity index (χ2n) is 9.02. The Balaban J connectivity index is 1.25. The summed E-state index contributed by atoms with van der Waals surface area (Å²) in [6, 6.07) is 16.5. The summed E-state index contributed by atoms with van der Waals surface area (Å²) in [6.07, 6.45) is 5.01. The molecule has 0 heterocycles. The van der Waals surface area contributed by atoms with E-state index in [2.05, 4.69) is 34.9 Å². The zero-order valence-electron chi connectivity index (χ0n) is 20.4. The van der Waals surface area contributed by atoms with Gasteiger partial charge in [-0.05, 0) is 41.5 Å². The third-order valence-corrected chi connectivity index (χ3v) is 6.58. The summed E-state index contributed by atoms with van der Waals surface area (Å²) < 4.78 is 5.54. The molecule has 0 saturated heterocycles. The van der Waals surface area contributed by atoms with Gasteiger partial charge in [-0.15, -0.1) is 0 Å². The quantitative estimate of drug-likeness (QED) is 0.327. The highest BCUT2D eigenvalue weighted by Gasteiger charge is 2.28. The molecular weight excluding hydrogens is 444 g/mol. The van der Waals surface area contributed by atoms with Crippen LogP contribution in [0.5, 0.6) is 0 Å². The smallest absolute Gasteiger partial charge is 0.407 e. The number of rotatable bonds is 14. The van der Waals surface area contributed by atoms with E-state index in [0.29, 0.717) is 26.0 Å². The van der Waals surface area contributed by atoms with Crippen LogP contribution >= 0.6 is 0 Å². The molecule has 0 fully saturated rings. The van der Waals surface area contributed by atoms with E-state index < -0.39 is 18.0 Å². The Bertz CT molecular complexity index is 961. The monoisotopic (exact) mass is 480 g/mol. The maximum atomic E-state index is 12.2. The van der Waals surface area contributed by atoms with E-state index in [1.54, 1.807) is 6.92 Å². The van der Waals surface area contributed by atoms with Gasteiger partial charge in [0.2, 0.25) is 5.91 Å². The zero-order chi connectivity index (χ0) is 25.0. The Hall–Kier alpha value is -3.35. The molecule has 1 atom stereocenters. The van der Waals surface area contributed by atoms with Crippen LogP contribution in [0.1, 0.15) is 68.9 Å². The fraction of sp³-hybridized carbons (Fsp3) is 0.464. The lowest BCUT2D eigenvalue weighted by atomic mass is 9.98. The SMILES string of the molecule is CCC(CNC(=O)CCCCCCCNC(=O)OCC1c2ccccc2-c2ccccc21)C(=O)O. The number of aliphatic carboxylic acids is 1. The summed E-state index contributed by atoms with van der Waals surface area (Å²) in [6.45, 7) is 2.86. The zero-order valence-corrected chi connectivity index (χ0v) is 20.4. The number of amides is 2. The van der Waals surface area contributed by atoms with Crippen LogP contribution < -0.4 is 10.6 Å². The largest absolute Gasteiger partial charge is 0.481 e. The number of carboxylic acids is 1. The minimum atomic E-state index is -0.875. The molecular formula is C28H36N2O5. The second kappa shape index (κ2) is 13.5. The summed E-state index contributed by atoms with van der Waals surface area (Å²) in [5.41, 5.74) is 4.81. The molecule has 1 aliphatic carbocycles. The molecule has 3 N–H and O–H groups in total. The van der Waals surface area contributed by atoms with E-state index >= 15 is 0 Å². The normalized spacial score (nSPS) is 12.9. The van der Waals surface area contributed by atoms with Crippen LogP contribution in [0.4, 0.5) is 4.79 Å². The molecule has 1 unspecified atom stereocenters. The third kappa shape index (κ3) is 7.57. The first-order valence-electron chi connectivity index (χ1n) is 12.6. The number of fused-ring (bicyclic) bond motifs is 3. The fourth-order valence-corrected chi connectivity index (χ4v) is 4.51. The van der Waals surface area contributed by atoms with Gasteiger partial charge in [0.15, 0.2) is 0 Å². The molecule has 188 valence electrons. The molecule has 0 aliphatic heterocycles. The molecule has 0 spiro atoms. The van der Waals surface area contributed by atoms with Gasteiger partial charge in [0.25, 0.3) is 0 Å². The number of nitrogens with one attached hydrogen (secondary N) is 2. The summed E-state index contributed by atoms with van der Waals surface area (Å²) >= 11 is 0. The van der Waals surface area contributed by atoms with Crippen molar-refractivity contribution < 1.29 is 24.2 Å². The van der Waals surface area contributed by atoms with Gasteiger partial charge in [0.1, 0.15) is 6.61 Å². The summed E-state index contributed by atoms with van der Waals surface area (Å²) in [5.74, 6) is -1.44. The van der Waals surface area contributed by atoms with Crippen molar-refractivity contribution in [3.8, 4) is 11.1 Å². The van der Waals surface area contributed by atoms with E-state index in [0.717, 1.165) is 32.1 Å². The van der Waals surface area contributed by atoms with Gasteiger partial charge in [-0.25, -0.2) is 4.79 Å². The molecule has 0 aromatic heterocycles. The molecule has 3 rings (SSSR count). The van der Waals surface area contributed by atoms with E-state index in [1.165, 1.54) is 22.3 Å². The van der Waals surface area contributed by atoms with Crippen molar-refractivity contribution in [1.29, 1.82) is 0 Å². The highest BCUT2D eigenvalue weighted by Crippen LogP contribution is 2.44. The molecule has 7 heteroatoms. The Morgan fingerprint density at radius 1 is 0.886 bits per heavy atom. The average Bonchev–Trinajstić information content (AvgIpc) is 3.18. The van der Waals surface area contributed by atoms with Crippen LogP contribution in [0.15, 0.2) is 48.5 Å². The Labute approximate surface area is 207 Å². The number of benzene rings is 2. The van der Waals surface area contributed by atoms with Crippen LogP contribution in [0.3, 0.4) is 0 Å². The third-order valence-electron chi connectivity index (χ3n) is 6.58. The number of unbranched alkanes of at least 4 members (excludes halogenated alkanes) is 4. The number of carbonyl (C=O) groups is 3. The lowest BCUT2D eigenvalue weighted by molar-refractivity contribution is -0.141. The molecule has 2 amide bonds. The number of ether oxygens (including phenoxy) is 1. The maximum Gasteiger partial charge on any atom is 0.407 e. The first-order valence-corrected chi connectivity index (χ1v) is 12.6. The molecule has 0 radical (unpaired) electrons. The van der Waals surface area contributed by atoms with Crippen LogP contribution in [-0.2, 0) is 14.3 Å². The van der Waals surface area contributed by atoms with Crippen LogP contribution in [0.25, 0.3) is 11.1 Å². The fourth-order valence-electron chi connectivity index (χ4n) is 4.51. The van der Waals surface area contributed by atoms with Crippen molar-refractivity contribution in [2.24, 2.45) is 5.92 Å². The second-order valence-corrected chi connectivity index (χ2v) is 9.02. The van der Waals surface area contributed by atoms with Gasteiger partial charge >= 0.3 is 12.1 Å². The molecule has 1 aliphatic rings. The van der Waals surface area contributed by atoms with Crippen molar-refractivity contribution in [2.75, 3.05) is 19.7 Å². The molecule has 35 heavy (non-hydrogen) atoms. The highest BCUT2D eigenvalue weighted by atomic mass is 16.5. The van der Waals surface area contributed by atoms with Crippen molar-refractivity contribution in [3.63, 3.8) is 0 Å². The number of carbonyl (C=O) groups excluding carboxylic acids is 2. The lowest BCUT2D eigenvalue weighted by Gasteiger charge is -2.14. The van der Waals surface area contributed by atoms with E-state index in [1.807, 2.05) is 24.3 Å². The van der Waals surface area contributed by atoms with Crippen molar-refractivity contribution in [2.45, 2.75) is 57.8 Å². The minimum absolute atomic E-state index is 0.0577. The van der Waals surface area contributed by atoms with Gasteiger partial charge in [-0.2, -0.15) is 0 Å². The van der Waals surface area contributed by atoms with Crippen LogP contribution in [-0.4, -0.2) is 42.8 Å². The van der Waals surface area contributed by atoms with Gasteiger partial charge in [-0.1, -0.05) is 74.7 Å². The minimum Gasteiger partial charge on any atom is -0.481 e. The number of carboxylic acid groups (broad SMARTS) is 1. The van der Waals surface area contributed by atoms with Gasteiger partial charge in [0, 0.05) is 25.4 Å². The highest BCUT2D eigenvalue weighted by molar-refractivity contribution is 5.79. The molecule has 7 nitrogen and oxygen atoms in total. The summed E-state index contributed by atoms with van der Waals surface area (Å²) in [4.78, 5) is 35.0. The molecule has 0 bridgehead atoms. The molecule has 0 saturated carbocycles. The summed E-state index contributed by atoms with van der Waals surface area (Å²) in [5, 5.41) is 14.5. The summed E-state index contributed by atoms with van der Waals surface area (Å²) in [7, 11) is 0. The molecule has 2 aromatic rings. The number of hydrogen-bond acceptors (Lipinski definition) is 4. The van der Waals surface area contributed by atoms with Crippen molar-refractivity contribution in [3.05, 3.63) is 59.7 Å². The van der Waals surface area contributed by atoms with Gasteiger partial charge in [-0.3, -0.25) is 9.59 Å². The lowest BCUT2D eigenvalue weighted by Crippen LogP contribution is -2.32. The first-order chi connectivity index (χ1) is 17.0. The van der Waals surface area contributed by atoms with E-state index in [9.17, 15) is 14.4 Å². The first kappa shape index (κ1) is 26.3. The Kier molecular flexibility index (Phi) is 10.1. The Morgan fingerprint density at radius 3 is 2.11 bits per heavy atom. The van der Waals surface area contributed by atoms with Crippen molar-refractivity contribution >= 4 is 18.0 Å². The van der Waals surface area contributed by atoms with Crippen LogP contribution in [0, 0.1) is 5.92 Å². The topological polar surface area (TPSA) is 105 Å². The predicted octanol–water partition coefficient (Wildman–Crippen LogP) is 5.09. The maximum absolute atomic E-state index is 12.2. The average molecular weight is 481 g/mol. The van der Waals surface area contributed by atoms with Crippen molar-refractivity contribution in [1.82, 2.24) is 10.6 Å².